The van der Waals surface area contributed by atoms with Crippen molar-refractivity contribution >= 4 is 53.2 Å². The van der Waals surface area contributed by atoms with Gasteiger partial charge in [-0.05, 0) is 43.2 Å². The Balaban J connectivity index is 0.00000225. The van der Waals surface area contributed by atoms with Crippen LogP contribution in [-0.2, 0) is 0 Å². The first-order valence-corrected chi connectivity index (χ1v) is 9.10. The summed E-state index contributed by atoms with van der Waals surface area (Å²) < 4.78 is 13.4. The molecule has 4 rings (SSSR count). The van der Waals surface area contributed by atoms with Gasteiger partial charge < -0.3 is 15.5 Å². The van der Waals surface area contributed by atoms with Gasteiger partial charge in [0, 0.05) is 24.5 Å². The standard InChI is InChI=1S/C19H18ClFN6.ClH/c20-15-12-14(8-9-16(15)21)23-18-24-17(22-13-6-2-1-3-7-13)25-19(26-18)27-10-4-5-11-27;/h1-3,6-9,12H,4-5,10-11H2,(H2,22,23,24,25,26);1H. The summed E-state index contributed by atoms with van der Waals surface area (Å²) in [7, 11) is 0. The number of halogens is 3. The van der Waals surface area contributed by atoms with Crippen LogP contribution in [0.15, 0.2) is 48.5 Å². The number of anilines is 5. The van der Waals surface area contributed by atoms with Gasteiger partial charge in [0.05, 0.1) is 5.02 Å². The van der Waals surface area contributed by atoms with Gasteiger partial charge in [-0.25, -0.2) is 4.39 Å². The Hall–Kier alpha value is -2.64. The lowest BCUT2D eigenvalue weighted by molar-refractivity contribution is 0.628. The summed E-state index contributed by atoms with van der Waals surface area (Å²) in [5, 5.41) is 6.32. The average molecular weight is 421 g/mol. The summed E-state index contributed by atoms with van der Waals surface area (Å²) in [4.78, 5) is 15.6. The van der Waals surface area contributed by atoms with E-state index in [0.717, 1.165) is 31.6 Å². The topological polar surface area (TPSA) is 66.0 Å². The molecule has 1 saturated heterocycles. The zero-order valence-corrected chi connectivity index (χ0v) is 16.5. The van der Waals surface area contributed by atoms with E-state index in [0.29, 0.717) is 23.5 Å². The number of benzene rings is 2. The van der Waals surface area contributed by atoms with Gasteiger partial charge >= 0.3 is 0 Å². The number of nitrogens with one attached hydrogen (secondary N) is 2. The summed E-state index contributed by atoms with van der Waals surface area (Å²) in [5.41, 5.74) is 1.48. The van der Waals surface area contributed by atoms with Crippen molar-refractivity contribution in [2.24, 2.45) is 0 Å². The molecule has 1 aromatic heterocycles. The Morgan fingerprint density at radius 3 is 2.14 bits per heavy atom. The summed E-state index contributed by atoms with van der Waals surface area (Å²) >= 11 is 5.86. The van der Waals surface area contributed by atoms with E-state index in [-0.39, 0.29) is 17.4 Å². The molecule has 3 aromatic rings. The minimum Gasteiger partial charge on any atom is -0.341 e. The molecule has 0 saturated carbocycles. The van der Waals surface area contributed by atoms with Gasteiger partial charge in [0.25, 0.3) is 0 Å². The summed E-state index contributed by atoms with van der Waals surface area (Å²) in [5.74, 6) is 0.945. The van der Waals surface area contributed by atoms with E-state index in [1.807, 2.05) is 30.3 Å². The molecule has 0 aliphatic carbocycles. The van der Waals surface area contributed by atoms with Gasteiger partial charge in [0.15, 0.2) is 0 Å². The van der Waals surface area contributed by atoms with Crippen LogP contribution in [0.2, 0.25) is 5.02 Å². The normalized spacial score (nSPS) is 13.1. The summed E-state index contributed by atoms with van der Waals surface area (Å²) in [6.45, 7) is 1.83. The second-order valence-corrected chi connectivity index (χ2v) is 6.63. The molecule has 1 aliphatic heterocycles. The van der Waals surface area contributed by atoms with E-state index >= 15 is 0 Å². The van der Waals surface area contributed by atoms with E-state index in [1.54, 1.807) is 6.07 Å². The first kappa shape index (κ1) is 20.1. The van der Waals surface area contributed by atoms with Gasteiger partial charge in [-0.3, -0.25) is 0 Å². The fraction of sp³-hybridized carbons (Fsp3) is 0.211. The van der Waals surface area contributed by atoms with E-state index in [2.05, 4.69) is 30.5 Å². The molecular formula is C19H19Cl2FN6. The second-order valence-electron chi connectivity index (χ2n) is 6.22. The first-order valence-electron chi connectivity index (χ1n) is 8.72. The van der Waals surface area contributed by atoms with Gasteiger partial charge in [-0.2, -0.15) is 15.0 Å². The Labute approximate surface area is 173 Å². The Morgan fingerprint density at radius 1 is 0.857 bits per heavy atom. The maximum atomic E-state index is 13.4. The first-order chi connectivity index (χ1) is 13.2. The predicted octanol–water partition coefficient (Wildman–Crippen LogP) is 5.17. The molecule has 0 amide bonds. The van der Waals surface area contributed by atoms with E-state index in [9.17, 15) is 4.39 Å². The molecule has 0 atom stereocenters. The second kappa shape index (κ2) is 9.03. The fourth-order valence-electron chi connectivity index (χ4n) is 2.89. The van der Waals surface area contributed by atoms with Crippen LogP contribution >= 0.6 is 24.0 Å². The van der Waals surface area contributed by atoms with Crippen LogP contribution in [0.1, 0.15) is 12.8 Å². The molecule has 146 valence electrons. The molecule has 0 unspecified atom stereocenters. The monoisotopic (exact) mass is 420 g/mol. The fourth-order valence-corrected chi connectivity index (χ4v) is 3.07. The maximum absolute atomic E-state index is 13.4. The van der Waals surface area contributed by atoms with Crippen molar-refractivity contribution in [1.29, 1.82) is 0 Å². The molecule has 9 heteroatoms. The van der Waals surface area contributed by atoms with Crippen LogP contribution < -0.4 is 15.5 Å². The third-order valence-corrected chi connectivity index (χ3v) is 4.51. The van der Waals surface area contributed by atoms with Gasteiger partial charge in [0.2, 0.25) is 17.8 Å². The molecule has 0 bridgehead atoms. The zero-order chi connectivity index (χ0) is 18.6. The number of aromatic nitrogens is 3. The Bertz CT molecular complexity index is 935. The number of nitrogens with zero attached hydrogens (tertiary/aromatic N) is 4. The lowest BCUT2D eigenvalue weighted by Crippen LogP contribution is -2.21. The highest BCUT2D eigenvalue weighted by Gasteiger charge is 2.18. The van der Waals surface area contributed by atoms with Crippen molar-refractivity contribution in [2.45, 2.75) is 12.8 Å². The van der Waals surface area contributed by atoms with Crippen molar-refractivity contribution in [1.82, 2.24) is 15.0 Å². The number of rotatable bonds is 5. The van der Waals surface area contributed by atoms with Crippen molar-refractivity contribution in [3.8, 4) is 0 Å². The molecule has 0 radical (unpaired) electrons. The maximum Gasteiger partial charge on any atom is 0.233 e. The third-order valence-electron chi connectivity index (χ3n) is 4.22. The highest BCUT2D eigenvalue weighted by atomic mass is 35.5. The molecule has 0 spiro atoms. The van der Waals surface area contributed by atoms with E-state index in [1.165, 1.54) is 12.1 Å². The minimum absolute atomic E-state index is 0. The van der Waals surface area contributed by atoms with Crippen LogP contribution in [0.3, 0.4) is 0 Å². The molecule has 6 nitrogen and oxygen atoms in total. The third kappa shape index (κ3) is 4.79. The number of hydrogen-bond donors (Lipinski definition) is 2. The van der Waals surface area contributed by atoms with E-state index in [4.69, 9.17) is 11.6 Å². The SMILES string of the molecule is Cl.Fc1ccc(Nc2nc(Nc3ccccc3)nc(N3CCCC3)n2)cc1Cl. The summed E-state index contributed by atoms with van der Waals surface area (Å²) in [6, 6.07) is 14.1. The Morgan fingerprint density at radius 2 is 1.50 bits per heavy atom. The lowest BCUT2D eigenvalue weighted by atomic mass is 10.3. The van der Waals surface area contributed by atoms with Gasteiger partial charge in [-0.1, -0.05) is 29.8 Å². The molecule has 28 heavy (non-hydrogen) atoms. The predicted molar refractivity (Wildman–Crippen MR) is 113 cm³/mol. The van der Waals surface area contributed by atoms with Crippen LogP contribution in [0.4, 0.5) is 33.6 Å². The molecular weight excluding hydrogens is 402 g/mol. The molecule has 2 heterocycles. The van der Waals surface area contributed by atoms with Crippen molar-refractivity contribution in [3.05, 3.63) is 59.4 Å². The zero-order valence-electron chi connectivity index (χ0n) is 14.9. The molecule has 1 aliphatic rings. The van der Waals surface area contributed by atoms with Crippen molar-refractivity contribution in [2.75, 3.05) is 28.6 Å². The largest absolute Gasteiger partial charge is 0.341 e. The average Bonchev–Trinajstić information content (AvgIpc) is 3.20. The summed E-state index contributed by atoms with van der Waals surface area (Å²) in [6.07, 6.45) is 2.23. The van der Waals surface area contributed by atoms with Crippen LogP contribution in [-0.4, -0.2) is 28.0 Å². The molecule has 2 N–H and O–H groups in total. The smallest absolute Gasteiger partial charge is 0.233 e. The van der Waals surface area contributed by atoms with Crippen molar-refractivity contribution in [3.63, 3.8) is 0 Å². The van der Waals surface area contributed by atoms with Crippen LogP contribution in [0.25, 0.3) is 0 Å². The highest BCUT2D eigenvalue weighted by Crippen LogP contribution is 2.24. The molecule has 2 aromatic carbocycles. The van der Waals surface area contributed by atoms with E-state index < -0.39 is 5.82 Å². The number of para-hydroxylation sites is 1. The molecule has 1 fully saturated rings. The minimum atomic E-state index is -0.470. The quantitative estimate of drug-likeness (QED) is 0.593. The van der Waals surface area contributed by atoms with Crippen LogP contribution in [0, 0.1) is 5.82 Å². The van der Waals surface area contributed by atoms with Crippen molar-refractivity contribution < 1.29 is 4.39 Å². The number of hydrogen-bond acceptors (Lipinski definition) is 6. The van der Waals surface area contributed by atoms with Crippen LogP contribution in [0.5, 0.6) is 0 Å². The lowest BCUT2D eigenvalue weighted by Gasteiger charge is -2.17. The van der Waals surface area contributed by atoms with Gasteiger partial charge in [-0.15, -0.1) is 12.4 Å². The highest BCUT2D eigenvalue weighted by molar-refractivity contribution is 6.31. The van der Waals surface area contributed by atoms with Gasteiger partial charge in [0.1, 0.15) is 5.82 Å². The Kier molecular flexibility index (Phi) is 6.49.